The third kappa shape index (κ3) is 6.21. The van der Waals surface area contributed by atoms with Crippen LogP contribution in [0, 0.1) is 0 Å². The van der Waals surface area contributed by atoms with Crippen molar-refractivity contribution in [2.24, 2.45) is 0 Å². The molecule has 1 amide bonds. The number of fused-ring (bicyclic) bond motifs is 1. The number of halogens is 2. The van der Waals surface area contributed by atoms with Crippen LogP contribution in [0.25, 0.3) is 10.8 Å². The highest BCUT2D eigenvalue weighted by molar-refractivity contribution is 7.93. The fourth-order valence-corrected chi connectivity index (χ4v) is 7.51. The predicted octanol–water partition coefficient (Wildman–Crippen LogP) is 5.75. The highest BCUT2D eigenvalue weighted by Gasteiger charge is 2.33. The van der Waals surface area contributed by atoms with Crippen LogP contribution < -0.4 is 4.31 Å². The second-order valence-electron chi connectivity index (χ2n) is 8.59. The maximum absolute atomic E-state index is 13.7. The van der Waals surface area contributed by atoms with Crippen LogP contribution in [0.15, 0.2) is 89.8 Å². The Bertz CT molecular complexity index is 1640. The number of hydrogen-bond acceptors (Lipinski definition) is 4. The molecule has 4 aromatic carbocycles. The minimum absolute atomic E-state index is 0.0118. The average molecular weight is 593 g/mol. The summed E-state index contributed by atoms with van der Waals surface area (Å²) in [6.07, 6.45) is -1.13. The molecular weight excluding hydrogens is 570 g/mol. The molecule has 12 heteroatoms. The van der Waals surface area contributed by atoms with Crippen molar-refractivity contribution in [2.75, 3.05) is 17.6 Å². The van der Waals surface area contributed by atoms with Crippen LogP contribution in [0.1, 0.15) is 15.9 Å². The first-order chi connectivity index (χ1) is 17.9. The van der Waals surface area contributed by atoms with E-state index in [4.69, 9.17) is 23.2 Å². The number of sulfonamides is 1. The largest absolute Gasteiger partial charge is 0.345 e. The van der Waals surface area contributed by atoms with Gasteiger partial charge in [-0.1, -0.05) is 77.8 Å². The smallest absolute Gasteiger partial charge is 0.337 e. The van der Waals surface area contributed by atoms with Crippen LogP contribution in [-0.2, 0) is 21.1 Å². The van der Waals surface area contributed by atoms with E-state index in [0.717, 1.165) is 17.7 Å². The second kappa shape index (κ2) is 11.1. The van der Waals surface area contributed by atoms with Crippen molar-refractivity contribution in [3.05, 3.63) is 106 Å². The molecule has 0 aliphatic heterocycles. The van der Waals surface area contributed by atoms with Gasteiger partial charge in [-0.05, 0) is 41.3 Å². The van der Waals surface area contributed by atoms with Gasteiger partial charge in [0, 0.05) is 34.6 Å². The van der Waals surface area contributed by atoms with E-state index in [-0.39, 0.29) is 26.5 Å². The van der Waals surface area contributed by atoms with Gasteiger partial charge in [0.15, 0.2) is 0 Å². The van der Waals surface area contributed by atoms with E-state index >= 15 is 0 Å². The van der Waals surface area contributed by atoms with Crippen molar-refractivity contribution >= 4 is 63.2 Å². The highest BCUT2D eigenvalue weighted by atomic mass is 35.5. The normalized spacial score (nSPS) is 11.9. The summed E-state index contributed by atoms with van der Waals surface area (Å²) < 4.78 is 40.1. The monoisotopic (exact) mass is 592 g/mol. The van der Waals surface area contributed by atoms with Gasteiger partial charge in [-0.25, -0.2) is 8.42 Å². The van der Waals surface area contributed by atoms with Gasteiger partial charge >= 0.3 is 7.60 Å². The van der Waals surface area contributed by atoms with Crippen molar-refractivity contribution < 1.29 is 27.6 Å². The summed E-state index contributed by atoms with van der Waals surface area (Å²) in [7, 11) is -7.76. The zero-order valence-electron chi connectivity index (χ0n) is 20.0. The van der Waals surface area contributed by atoms with E-state index in [1.165, 1.54) is 23.1 Å². The van der Waals surface area contributed by atoms with Gasteiger partial charge in [-0.2, -0.15) is 0 Å². The molecule has 0 saturated heterocycles. The number of rotatable bonds is 8. The first-order valence-corrected chi connectivity index (χ1v) is 15.2. The number of benzene rings is 4. The lowest BCUT2D eigenvalue weighted by atomic mass is 10.0. The van der Waals surface area contributed by atoms with Gasteiger partial charge in [0.2, 0.25) is 0 Å². The first-order valence-electron chi connectivity index (χ1n) is 11.2. The molecule has 0 aliphatic rings. The molecule has 0 spiro atoms. The summed E-state index contributed by atoms with van der Waals surface area (Å²) >= 11 is 12.0. The maximum atomic E-state index is 13.7. The molecule has 8 nitrogen and oxygen atoms in total. The molecule has 0 radical (unpaired) electrons. The predicted molar refractivity (Wildman–Crippen MR) is 149 cm³/mol. The van der Waals surface area contributed by atoms with Gasteiger partial charge in [0.1, 0.15) is 6.29 Å². The Kier molecular flexibility index (Phi) is 8.18. The quantitative estimate of drug-likeness (QED) is 0.252. The zero-order valence-corrected chi connectivity index (χ0v) is 23.3. The van der Waals surface area contributed by atoms with E-state index in [0.29, 0.717) is 27.2 Å². The van der Waals surface area contributed by atoms with Crippen LogP contribution in [0.5, 0.6) is 0 Å². The molecule has 0 aliphatic carbocycles. The van der Waals surface area contributed by atoms with Crippen molar-refractivity contribution in [1.82, 2.24) is 4.90 Å². The summed E-state index contributed by atoms with van der Waals surface area (Å²) in [5.74, 6) is -0.303. The van der Waals surface area contributed by atoms with E-state index in [1.807, 2.05) is 30.3 Å². The molecule has 38 heavy (non-hydrogen) atoms. The summed E-state index contributed by atoms with van der Waals surface area (Å²) in [4.78, 5) is 34.2. The van der Waals surface area contributed by atoms with Crippen LogP contribution in [0.2, 0.25) is 10.0 Å². The summed E-state index contributed by atoms with van der Waals surface area (Å²) in [5, 5.41) is 0.820. The molecule has 4 rings (SSSR count). The van der Waals surface area contributed by atoms with Crippen molar-refractivity contribution in [2.45, 2.75) is 11.4 Å². The number of hydrogen-bond donors (Lipinski definition) is 2. The lowest BCUT2D eigenvalue weighted by molar-refractivity contribution is 0.0787. The van der Waals surface area contributed by atoms with E-state index in [9.17, 15) is 27.6 Å². The Morgan fingerprint density at radius 3 is 2.11 bits per heavy atom. The third-order valence-electron chi connectivity index (χ3n) is 5.74. The summed E-state index contributed by atoms with van der Waals surface area (Å²) in [5.41, 5.74) is 1.23. The molecular formula is C26H23Cl2N2O6PS. The average Bonchev–Trinajstić information content (AvgIpc) is 2.85. The van der Waals surface area contributed by atoms with E-state index < -0.39 is 23.9 Å². The fraction of sp³-hybridized carbons (Fsp3) is 0.115. The standard InChI is InChI=1S/C26H23Cl2N2O6PS/c1-29(16-18-7-3-2-4-8-18)26(31)24-11-5-10-23-22(24)9-6-12-25(23)30(17-37(32,33)34)38(35,36)21-14-19(27)13-20(28)15-21/h2-15H,16-17H2,1H3,(H2,32,33,34). The Morgan fingerprint density at radius 1 is 0.868 bits per heavy atom. The minimum Gasteiger partial charge on any atom is -0.337 e. The van der Waals surface area contributed by atoms with Crippen LogP contribution in [-0.4, -0.2) is 42.3 Å². The molecule has 0 aromatic heterocycles. The van der Waals surface area contributed by atoms with Gasteiger partial charge in [-0.3, -0.25) is 13.7 Å². The van der Waals surface area contributed by atoms with Crippen LogP contribution in [0.3, 0.4) is 0 Å². The van der Waals surface area contributed by atoms with Gasteiger partial charge < -0.3 is 14.7 Å². The number of amides is 1. The van der Waals surface area contributed by atoms with Crippen molar-refractivity contribution in [1.29, 1.82) is 0 Å². The molecule has 4 aromatic rings. The molecule has 0 unspecified atom stereocenters. The lowest BCUT2D eigenvalue weighted by Crippen LogP contribution is -2.32. The molecule has 198 valence electrons. The molecule has 0 fully saturated rings. The SMILES string of the molecule is CN(Cc1ccccc1)C(=O)c1cccc2c(N(CP(=O)(O)O)S(=O)(=O)c3cc(Cl)cc(Cl)c3)cccc12. The fourth-order valence-electron chi connectivity index (χ4n) is 4.09. The Labute approximate surface area is 230 Å². The van der Waals surface area contributed by atoms with Gasteiger partial charge in [-0.15, -0.1) is 0 Å². The Balaban J connectivity index is 1.84. The van der Waals surface area contributed by atoms with Crippen molar-refractivity contribution in [3.63, 3.8) is 0 Å². The van der Waals surface area contributed by atoms with E-state index in [1.54, 1.807) is 31.3 Å². The van der Waals surface area contributed by atoms with Gasteiger partial charge in [0.25, 0.3) is 15.9 Å². The second-order valence-corrected chi connectivity index (χ2v) is 12.9. The van der Waals surface area contributed by atoms with Crippen LogP contribution >= 0.6 is 30.8 Å². The summed E-state index contributed by atoms with van der Waals surface area (Å²) in [6.45, 7) is 0.351. The number of anilines is 1. The van der Waals surface area contributed by atoms with Gasteiger partial charge in [0.05, 0.1) is 10.6 Å². The topological polar surface area (TPSA) is 115 Å². The Hall–Kier alpha value is -2.91. The molecule has 2 N–H and O–H groups in total. The number of nitrogens with zero attached hydrogens (tertiary/aromatic N) is 2. The lowest BCUT2D eigenvalue weighted by Gasteiger charge is -2.27. The Morgan fingerprint density at radius 2 is 1.47 bits per heavy atom. The molecule has 0 bridgehead atoms. The first kappa shape index (κ1) is 28.1. The third-order valence-corrected chi connectivity index (χ3v) is 8.76. The molecule has 0 heterocycles. The summed E-state index contributed by atoms with van der Waals surface area (Å²) in [6, 6.07) is 22.5. The van der Waals surface area contributed by atoms with E-state index in [2.05, 4.69) is 0 Å². The maximum Gasteiger partial charge on any atom is 0.345 e. The number of carbonyl (C=O) groups excluding carboxylic acids is 1. The zero-order chi connectivity index (χ0) is 27.7. The van der Waals surface area contributed by atoms with Crippen molar-refractivity contribution in [3.8, 4) is 0 Å². The molecule has 0 saturated carbocycles. The van der Waals surface area contributed by atoms with Crippen LogP contribution in [0.4, 0.5) is 5.69 Å². The molecule has 0 atom stereocenters. The number of carbonyl (C=O) groups is 1. The highest BCUT2D eigenvalue weighted by Crippen LogP contribution is 2.42. The minimum atomic E-state index is -4.89.